The standard InChI is InChI=1S/C17H28FNO3SSi/c1-8-21-16(20)10-15(22-24(6,7)17(3,4)5)14(18)9-13-11-23-12(2)19-13/h9,11,15H,8,10H2,1-7H3/b14-9+/t15-/m0/s1. The zero-order valence-corrected chi connectivity index (χ0v) is 17.4. The van der Waals surface area contributed by atoms with Crippen molar-refractivity contribution in [2.24, 2.45) is 0 Å². The van der Waals surface area contributed by atoms with Crippen molar-refractivity contribution in [3.05, 3.63) is 21.9 Å². The highest BCUT2D eigenvalue weighted by atomic mass is 32.1. The van der Waals surface area contributed by atoms with E-state index in [1.54, 1.807) is 12.3 Å². The lowest BCUT2D eigenvalue weighted by Gasteiger charge is -2.38. The van der Waals surface area contributed by atoms with Crippen LogP contribution >= 0.6 is 11.3 Å². The van der Waals surface area contributed by atoms with Gasteiger partial charge in [-0.05, 0) is 38.1 Å². The summed E-state index contributed by atoms with van der Waals surface area (Å²) in [5.74, 6) is -0.947. The van der Waals surface area contributed by atoms with Crippen LogP contribution in [0.5, 0.6) is 0 Å². The maximum Gasteiger partial charge on any atom is 0.308 e. The van der Waals surface area contributed by atoms with Gasteiger partial charge in [0, 0.05) is 5.38 Å². The topological polar surface area (TPSA) is 48.4 Å². The van der Waals surface area contributed by atoms with Crippen LogP contribution in [0.4, 0.5) is 4.39 Å². The van der Waals surface area contributed by atoms with Crippen molar-refractivity contribution in [2.45, 2.75) is 65.3 Å². The molecule has 0 fully saturated rings. The molecule has 0 spiro atoms. The molecule has 0 aliphatic carbocycles. The summed E-state index contributed by atoms with van der Waals surface area (Å²) in [5.41, 5.74) is 0.544. The third-order valence-corrected chi connectivity index (χ3v) is 9.41. The third-order valence-electron chi connectivity index (χ3n) is 4.13. The summed E-state index contributed by atoms with van der Waals surface area (Å²) in [6.45, 7) is 14.2. The maximum absolute atomic E-state index is 14.8. The number of rotatable bonds is 7. The third kappa shape index (κ3) is 6.11. The summed E-state index contributed by atoms with van der Waals surface area (Å²) < 4.78 is 25.9. The van der Waals surface area contributed by atoms with Crippen molar-refractivity contribution in [1.29, 1.82) is 0 Å². The molecule has 1 aromatic rings. The fourth-order valence-corrected chi connectivity index (χ4v) is 3.61. The molecule has 24 heavy (non-hydrogen) atoms. The molecule has 0 aromatic carbocycles. The normalized spacial score (nSPS) is 14.6. The second kappa shape index (κ2) is 8.36. The molecule has 136 valence electrons. The number of aryl methyl sites for hydroxylation is 1. The van der Waals surface area contributed by atoms with E-state index < -0.39 is 26.2 Å². The van der Waals surface area contributed by atoms with Crippen LogP contribution in [0.3, 0.4) is 0 Å². The Balaban J connectivity index is 3.04. The Labute approximate surface area is 149 Å². The lowest BCUT2D eigenvalue weighted by Crippen LogP contribution is -2.44. The lowest BCUT2D eigenvalue weighted by molar-refractivity contribution is -0.144. The van der Waals surface area contributed by atoms with Gasteiger partial charge in [0.25, 0.3) is 0 Å². The molecule has 0 radical (unpaired) electrons. The second-order valence-corrected chi connectivity index (χ2v) is 13.0. The molecular weight excluding hydrogens is 345 g/mol. The average Bonchev–Trinajstić information content (AvgIpc) is 2.82. The minimum Gasteiger partial charge on any atom is -0.466 e. The van der Waals surface area contributed by atoms with Gasteiger partial charge in [0.15, 0.2) is 8.32 Å². The van der Waals surface area contributed by atoms with Crippen LogP contribution in [0.25, 0.3) is 6.08 Å². The molecule has 1 heterocycles. The molecule has 0 bridgehead atoms. The Hall–Kier alpha value is -1.05. The van der Waals surface area contributed by atoms with Crippen molar-refractivity contribution < 1.29 is 18.3 Å². The molecule has 0 aliphatic heterocycles. The van der Waals surface area contributed by atoms with Crippen molar-refractivity contribution in [3.8, 4) is 0 Å². The summed E-state index contributed by atoms with van der Waals surface area (Å²) in [5, 5.41) is 2.56. The highest BCUT2D eigenvalue weighted by Crippen LogP contribution is 2.38. The van der Waals surface area contributed by atoms with Gasteiger partial charge in [-0.3, -0.25) is 4.79 Å². The summed E-state index contributed by atoms with van der Waals surface area (Å²) in [7, 11) is -2.24. The molecule has 7 heteroatoms. The van der Waals surface area contributed by atoms with Crippen LogP contribution < -0.4 is 0 Å². The fourth-order valence-electron chi connectivity index (χ4n) is 1.78. The predicted octanol–water partition coefficient (Wildman–Crippen LogP) is 5.11. The second-order valence-electron chi connectivity index (χ2n) is 7.20. The first kappa shape index (κ1) is 21.0. The first-order valence-electron chi connectivity index (χ1n) is 8.09. The molecule has 0 N–H and O–H groups in total. The van der Waals surface area contributed by atoms with Crippen LogP contribution in [0.15, 0.2) is 11.2 Å². The van der Waals surface area contributed by atoms with E-state index in [1.165, 1.54) is 17.4 Å². The van der Waals surface area contributed by atoms with Gasteiger partial charge in [-0.25, -0.2) is 9.37 Å². The quantitative estimate of drug-likeness (QED) is 0.492. The van der Waals surface area contributed by atoms with E-state index in [0.29, 0.717) is 5.69 Å². The number of hydrogen-bond donors (Lipinski definition) is 0. The highest BCUT2D eigenvalue weighted by molar-refractivity contribution is 7.09. The number of carbonyl (C=O) groups excluding carboxylic acids is 1. The van der Waals surface area contributed by atoms with Gasteiger partial charge in [-0.2, -0.15) is 0 Å². The van der Waals surface area contributed by atoms with E-state index in [4.69, 9.17) is 9.16 Å². The number of nitrogens with zero attached hydrogens (tertiary/aromatic N) is 1. The molecule has 0 amide bonds. The van der Waals surface area contributed by atoms with Crippen LogP contribution in [0.2, 0.25) is 18.1 Å². The maximum atomic E-state index is 14.8. The first-order valence-corrected chi connectivity index (χ1v) is 11.9. The van der Waals surface area contributed by atoms with Crippen molar-refractivity contribution >= 4 is 31.7 Å². The molecule has 0 saturated heterocycles. The average molecular weight is 374 g/mol. The fraction of sp³-hybridized carbons (Fsp3) is 0.647. The molecule has 1 atom stereocenters. The van der Waals surface area contributed by atoms with Crippen LogP contribution in [-0.2, 0) is 14.0 Å². The van der Waals surface area contributed by atoms with Gasteiger partial charge in [-0.15, -0.1) is 11.3 Å². The Morgan fingerprint density at radius 3 is 2.54 bits per heavy atom. The van der Waals surface area contributed by atoms with E-state index in [1.807, 2.05) is 20.0 Å². The summed E-state index contributed by atoms with van der Waals surface area (Å²) in [6.07, 6.45) is 0.277. The molecular formula is C17H28FNO3SSi. The largest absolute Gasteiger partial charge is 0.466 e. The number of carbonyl (C=O) groups is 1. The molecule has 0 saturated carbocycles. The molecule has 0 unspecified atom stereocenters. The van der Waals surface area contributed by atoms with Gasteiger partial charge in [0.05, 0.1) is 23.7 Å². The van der Waals surface area contributed by atoms with E-state index in [9.17, 15) is 9.18 Å². The van der Waals surface area contributed by atoms with E-state index >= 15 is 0 Å². The highest BCUT2D eigenvalue weighted by Gasteiger charge is 2.40. The Bertz CT molecular complexity index is 593. The minimum absolute atomic E-state index is 0.0859. The summed E-state index contributed by atoms with van der Waals surface area (Å²) in [4.78, 5) is 16.1. The van der Waals surface area contributed by atoms with E-state index in [0.717, 1.165) is 5.01 Å². The summed E-state index contributed by atoms with van der Waals surface area (Å²) in [6, 6.07) is 0. The predicted molar refractivity (Wildman–Crippen MR) is 99.3 cm³/mol. The molecule has 0 aliphatic rings. The molecule has 4 nitrogen and oxygen atoms in total. The number of hydrogen-bond acceptors (Lipinski definition) is 5. The smallest absolute Gasteiger partial charge is 0.308 e. The number of ether oxygens (including phenoxy) is 1. The zero-order chi connectivity index (χ0) is 18.5. The van der Waals surface area contributed by atoms with Crippen LogP contribution in [0, 0.1) is 6.92 Å². The first-order chi connectivity index (χ1) is 11.0. The van der Waals surface area contributed by atoms with Gasteiger partial charge in [-0.1, -0.05) is 20.8 Å². The van der Waals surface area contributed by atoms with E-state index in [2.05, 4.69) is 25.8 Å². The van der Waals surface area contributed by atoms with Crippen LogP contribution in [-0.4, -0.2) is 32.0 Å². The Kier molecular flexibility index (Phi) is 7.31. The summed E-state index contributed by atoms with van der Waals surface area (Å²) >= 11 is 1.45. The van der Waals surface area contributed by atoms with Crippen molar-refractivity contribution in [1.82, 2.24) is 4.98 Å². The van der Waals surface area contributed by atoms with Crippen LogP contribution in [0.1, 0.15) is 44.8 Å². The van der Waals surface area contributed by atoms with Gasteiger partial charge in [0.2, 0.25) is 0 Å². The monoisotopic (exact) mass is 373 g/mol. The number of halogens is 1. The minimum atomic E-state index is -2.24. The molecule has 1 aromatic heterocycles. The SMILES string of the molecule is CCOC(=O)C[C@H](O[Si](C)(C)C(C)(C)C)/C(F)=C\c1csc(C)n1. The van der Waals surface area contributed by atoms with Crippen molar-refractivity contribution in [3.63, 3.8) is 0 Å². The molecule has 1 rings (SSSR count). The number of thiazole rings is 1. The van der Waals surface area contributed by atoms with Gasteiger partial charge < -0.3 is 9.16 Å². The lowest BCUT2D eigenvalue weighted by atomic mass is 10.2. The zero-order valence-electron chi connectivity index (χ0n) is 15.6. The Morgan fingerprint density at radius 1 is 1.46 bits per heavy atom. The van der Waals surface area contributed by atoms with Crippen molar-refractivity contribution in [2.75, 3.05) is 6.61 Å². The van der Waals surface area contributed by atoms with Gasteiger partial charge >= 0.3 is 5.97 Å². The van der Waals surface area contributed by atoms with Gasteiger partial charge in [0.1, 0.15) is 11.9 Å². The Morgan fingerprint density at radius 2 is 2.08 bits per heavy atom. The van der Waals surface area contributed by atoms with E-state index in [-0.39, 0.29) is 18.1 Å². The number of aromatic nitrogens is 1. The number of esters is 1.